The standard InChI is InChI=1S/C27H27F3N4O5S/c28-27(29,30)39-21-5-2-6-22(14-21)40(36,37)34-19-4-1-3-18(13-19)25(35)16-31-11-12-38-20-9-10-23-24(15-20)32-33-26(23)17-7-8-17/h1-6,9-10,13-15,17,25,31,34-35H,7-8,11-12,16H2,(H,32,33)/t25-/m0/s1. The highest BCUT2D eigenvalue weighted by atomic mass is 32.2. The minimum Gasteiger partial charge on any atom is -0.492 e. The Bertz CT molecular complexity index is 1590. The fraction of sp³-hybridized carbons (Fsp3) is 0.296. The van der Waals surface area contributed by atoms with E-state index in [1.807, 2.05) is 18.2 Å². The topological polar surface area (TPSA) is 126 Å². The van der Waals surface area contributed by atoms with Crippen molar-refractivity contribution in [1.82, 2.24) is 15.5 Å². The average molecular weight is 577 g/mol. The number of nitrogens with one attached hydrogen (secondary N) is 3. The Kier molecular flexibility index (Phi) is 7.88. The van der Waals surface area contributed by atoms with Gasteiger partial charge in [-0.2, -0.15) is 5.10 Å². The van der Waals surface area contributed by atoms with E-state index in [2.05, 4.69) is 25.0 Å². The lowest BCUT2D eigenvalue weighted by Crippen LogP contribution is -2.26. The second-order valence-electron chi connectivity index (χ2n) is 9.41. The molecule has 40 heavy (non-hydrogen) atoms. The van der Waals surface area contributed by atoms with E-state index < -0.39 is 33.1 Å². The Labute approximate surface area is 228 Å². The highest BCUT2D eigenvalue weighted by molar-refractivity contribution is 7.92. The Hall–Kier alpha value is -3.81. The van der Waals surface area contributed by atoms with E-state index in [-0.39, 0.29) is 12.2 Å². The van der Waals surface area contributed by atoms with E-state index in [4.69, 9.17) is 4.74 Å². The molecule has 1 aliphatic carbocycles. The number of aliphatic hydroxyl groups is 1. The first-order chi connectivity index (χ1) is 19.1. The fourth-order valence-electron chi connectivity index (χ4n) is 4.25. The number of anilines is 1. The number of benzene rings is 3. The van der Waals surface area contributed by atoms with Crippen LogP contribution in [0.3, 0.4) is 0 Å². The largest absolute Gasteiger partial charge is 0.573 e. The zero-order chi connectivity index (χ0) is 28.3. The van der Waals surface area contributed by atoms with Crippen molar-refractivity contribution >= 4 is 26.6 Å². The second-order valence-corrected chi connectivity index (χ2v) is 11.1. The van der Waals surface area contributed by atoms with Crippen LogP contribution < -0.4 is 19.5 Å². The van der Waals surface area contributed by atoms with Gasteiger partial charge in [-0.3, -0.25) is 9.82 Å². The summed E-state index contributed by atoms with van der Waals surface area (Å²) in [5, 5.41) is 22.3. The maximum Gasteiger partial charge on any atom is 0.573 e. The summed E-state index contributed by atoms with van der Waals surface area (Å²) in [6.07, 6.45) is -3.53. The normalized spacial score (nSPS) is 14.7. The van der Waals surface area contributed by atoms with Crippen LogP contribution in [0.2, 0.25) is 0 Å². The number of nitrogens with zero attached hydrogens (tertiary/aromatic N) is 1. The number of aromatic amines is 1. The molecule has 0 aliphatic heterocycles. The molecule has 0 radical (unpaired) electrons. The summed E-state index contributed by atoms with van der Waals surface area (Å²) in [5.41, 5.74) is 2.62. The first-order valence-corrected chi connectivity index (χ1v) is 14.0. The molecule has 4 aromatic rings. The van der Waals surface area contributed by atoms with E-state index in [0.717, 1.165) is 35.2 Å². The lowest BCUT2D eigenvalue weighted by Gasteiger charge is -2.15. The monoisotopic (exact) mass is 576 g/mol. The minimum atomic E-state index is -4.95. The Morgan fingerprint density at radius 1 is 1.05 bits per heavy atom. The summed E-state index contributed by atoms with van der Waals surface area (Å²) in [6, 6.07) is 16.0. The third-order valence-corrected chi connectivity index (χ3v) is 7.68. The molecule has 0 spiro atoms. The predicted octanol–water partition coefficient (Wildman–Crippen LogP) is 4.84. The number of ether oxygens (including phenoxy) is 2. The Morgan fingerprint density at radius 3 is 2.62 bits per heavy atom. The minimum absolute atomic E-state index is 0.139. The molecule has 1 saturated carbocycles. The lowest BCUT2D eigenvalue weighted by atomic mass is 10.1. The number of aliphatic hydroxyl groups excluding tert-OH is 1. The van der Waals surface area contributed by atoms with E-state index in [0.29, 0.717) is 30.4 Å². The van der Waals surface area contributed by atoms with Gasteiger partial charge in [-0.25, -0.2) is 8.42 Å². The van der Waals surface area contributed by atoms with Crippen molar-refractivity contribution in [3.05, 3.63) is 78.0 Å². The summed E-state index contributed by atoms with van der Waals surface area (Å²) < 4.78 is 74.8. The molecule has 0 amide bonds. The molecule has 1 aliphatic rings. The lowest BCUT2D eigenvalue weighted by molar-refractivity contribution is -0.274. The first-order valence-electron chi connectivity index (χ1n) is 12.6. The maximum atomic E-state index is 12.7. The molecule has 1 fully saturated rings. The number of hydrogen-bond acceptors (Lipinski definition) is 7. The molecule has 0 saturated heterocycles. The molecule has 3 aromatic carbocycles. The highest BCUT2D eigenvalue weighted by Gasteiger charge is 2.31. The number of H-pyrrole nitrogens is 1. The number of rotatable bonds is 12. The summed E-state index contributed by atoms with van der Waals surface area (Å²) in [7, 11) is -4.22. The van der Waals surface area contributed by atoms with Crippen LogP contribution in [0.5, 0.6) is 11.5 Å². The van der Waals surface area contributed by atoms with Gasteiger partial charge in [0.25, 0.3) is 10.0 Å². The van der Waals surface area contributed by atoms with Crippen LogP contribution in [0.1, 0.15) is 36.1 Å². The van der Waals surface area contributed by atoms with Gasteiger partial charge in [0.15, 0.2) is 0 Å². The van der Waals surface area contributed by atoms with Crippen LogP contribution >= 0.6 is 0 Å². The highest BCUT2D eigenvalue weighted by Crippen LogP contribution is 2.42. The number of alkyl halides is 3. The van der Waals surface area contributed by atoms with Crippen LogP contribution in [0, 0.1) is 0 Å². The number of hydrogen-bond donors (Lipinski definition) is 4. The van der Waals surface area contributed by atoms with Crippen LogP contribution in [0.4, 0.5) is 18.9 Å². The first kappa shape index (κ1) is 27.7. The fourth-order valence-corrected chi connectivity index (χ4v) is 5.33. The molecule has 5 rings (SSSR count). The second kappa shape index (κ2) is 11.4. The Morgan fingerprint density at radius 2 is 1.85 bits per heavy atom. The molecule has 1 atom stereocenters. The quantitative estimate of drug-likeness (QED) is 0.178. The van der Waals surface area contributed by atoms with Gasteiger partial charge in [0.05, 0.1) is 16.5 Å². The van der Waals surface area contributed by atoms with Crippen molar-refractivity contribution in [2.45, 2.75) is 36.1 Å². The van der Waals surface area contributed by atoms with Crippen molar-refractivity contribution in [3.63, 3.8) is 0 Å². The van der Waals surface area contributed by atoms with E-state index in [1.165, 1.54) is 30.7 Å². The molecule has 4 N–H and O–H groups in total. The summed E-state index contributed by atoms with van der Waals surface area (Å²) in [4.78, 5) is -0.406. The van der Waals surface area contributed by atoms with Crippen LogP contribution in [-0.4, -0.2) is 49.8 Å². The summed E-state index contributed by atoms with van der Waals surface area (Å²) in [5.74, 6) is 0.616. The number of fused-ring (bicyclic) bond motifs is 1. The van der Waals surface area contributed by atoms with Crippen LogP contribution in [0.25, 0.3) is 10.9 Å². The maximum absolute atomic E-state index is 12.7. The zero-order valence-corrected chi connectivity index (χ0v) is 21.9. The molecule has 0 unspecified atom stereocenters. The number of halogens is 3. The van der Waals surface area contributed by atoms with Gasteiger partial charge in [0.2, 0.25) is 0 Å². The van der Waals surface area contributed by atoms with E-state index in [9.17, 15) is 26.7 Å². The average Bonchev–Trinajstić information content (AvgIpc) is 3.66. The SMILES string of the molecule is O=S(=O)(Nc1cccc([C@@H](O)CNCCOc2ccc3c(C4CC4)[nH]nc3c2)c1)c1cccc(OC(F)(F)F)c1. The van der Waals surface area contributed by atoms with Crippen molar-refractivity contribution in [3.8, 4) is 11.5 Å². The molecule has 1 heterocycles. The van der Waals surface area contributed by atoms with Gasteiger partial charge in [-0.05, 0) is 54.8 Å². The predicted molar refractivity (Wildman–Crippen MR) is 142 cm³/mol. The molecule has 0 bridgehead atoms. The van der Waals surface area contributed by atoms with Crippen molar-refractivity contribution in [2.75, 3.05) is 24.4 Å². The van der Waals surface area contributed by atoms with Crippen LogP contribution in [-0.2, 0) is 10.0 Å². The third-order valence-electron chi connectivity index (χ3n) is 6.30. The van der Waals surface area contributed by atoms with Gasteiger partial charge in [0, 0.05) is 47.9 Å². The smallest absolute Gasteiger partial charge is 0.492 e. The van der Waals surface area contributed by atoms with Crippen LogP contribution in [0.15, 0.2) is 71.6 Å². The molecule has 1 aromatic heterocycles. The number of aromatic nitrogens is 2. The van der Waals surface area contributed by atoms with Crippen molar-refractivity contribution in [1.29, 1.82) is 0 Å². The van der Waals surface area contributed by atoms with Gasteiger partial charge in [-0.1, -0.05) is 18.2 Å². The van der Waals surface area contributed by atoms with Gasteiger partial charge >= 0.3 is 6.36 Å². The van der Waals surface area contributed by atoms with Crippen molar-refractivity contribution < 1.29 is 36.2 Å². The molecular formula is C27H27F3N4O5S. The third kappa shape index (κ3) is 7.03. The van der Waals surface area contributed by atoms with Gasteiger partial charge in [-0.15, -0.1) is 13.2 Å². The van der Waals surface area contributed by atoms with E-state index in [1.54, 1.807) is 12.1 Å². The molecule has 9 nitrogen and oxygen atoms in total. The zero-order valence-electron chi connectivity index (χ0n) is 21.1. The molecular weight excluding hydrogens is 549 g/mol. The van der Waals surface area contributed by atoms with Gasteiger partial charge < -0.3 is 19.9 Å². The molecule has 13 heteroatoms. The summed E-state index contributed by atoms with van der Waals surface area (Å²) in [6.45, 7) is 0.986. The van der Waals surface area contributed by atoms with Gasteiger partial charge in [0.1, 0.15) is 18.1 Å². The molecule has 212 valence electrons. The number of sulfonamides is 1. The Balaban J connectivity index is 1.11. The van der Waals surface area contributed by atoms with E-state index >= 15 is 0 Å². The van der Waals surface area contributed by atoms with Crippen molar-refractivity contribution in [2.24, 2.45) is 0 Å². The summed E-state index contributed by atoms with van der Waals surface area (Å²) >= 11 is 0.